The number of β-amino-alcohol motifs (C(OH)–C–C–N with tert-alkyl or cyclic N) is 1. The van der Waals surface area contributed by atoms with Crippen LogP contribution >= 0.6 is 0 Å². The van der Waals surface area contributed by atoms with Crippen molar-refractivity contribution >= 4 is 15.7 Å². The SMILES string of the molecule is Cc1cc(F)c(S(=O)(=O)N2CCC[C@H](O)C2)cc1N. The highest BCUT2D eigenvalue weighted by Crippen LogP contribution is 2.26. The number of nitrogens with zero attached hydrogens (tertiary/aromatic N) is 1. The number of anilines is 1. The zero-order valence-electron chi connectivity index (χ0n) is 10.6. The van der Waals surface area contributed by atoms with Gasteiger partial charge >= 0.3 is 0 Å². The van der Waals surface area contributed by atoms with Crippen LogP contribution in [0, 0.1) is 12.7 Å². The molecule has 1 aliphatic rings. The molecule has 1 saturated heterocycles. The molecule has 19 heavy (non-hydrogen) atoms. The summed E-state index contributed by atoms with van der Waals surface area (Å²) in [6.45, 7) is 1.89. The molecule has 0 radical (unpaired) electrons. The summed E-state index contributed by atoms with van der Waals surface area (Å²) in [6.07, 6.45) is 0.419. The van der Waals surface area contributed by atoms with E-state index in [1.165, 1.54) is 0 Å². The van der Waals surface area contributed by atoms with Gasteiger partial charge in [-0.05, 0) is 37.5 Å². The summed E-state index contributed by atoms with van der Waals surface area (Å²) in [7, 11) is -3.95. The second-order valence-electron chi connectivity index (χ2n) is 4.80. The van der Waals surface area contributed by atoms with Crippen molar-refractivity contribution in [2.24, 2.45) is 0 Å². The fraction of sp³-hybridized carbons (Fsp3) is 0.500. The van der Waals surface area contributed by atoms with E-state index in [9.17, 15) is 17.9 Å². The standard InChI is InChI=1S/C12H17FN2O3S/c1-8-5-10(13)12(6-11(8)14)19(17,18)15-4-2-3-9(16)7-15/h5-6,9,16H,2-4,7,14H2,1H3/t9-/m0/s1. The minimum atomic E-state index is -3.95. The molecule has 1 fully saturated rings. The molecule has 0 aromatic heterocycles. The molecule has 5 nitrogen and oxygen atoms in total. The van der Waals surface area contributed by atoms with Gasteiger partial charge in [-0.25, -0.2) is 12.8 Å². The summed E-state index contributed by atoms with van der Waals surface area (Å²) in [6, 6.07) is 2.25. The van der Waals surface area contributed by atoms with Crippen LogP contribution in [0.25, 0.3) is 0 Å². The first-order chi connectivity index (χ1) is 8.82. The molecule has 1 atom stereocenters. The number of aryl methyl sites for hydroxylation is 1. The van der Waals surface area contributed by atoms with Gasteiger partial charge in [-0.2, -0.15) is 4.31 Å². The maximum atomic E-state index is 13.9. The lowest BCUT2D eigenvalue weighted by molar-refractivity contribution is 0.108. The van der Waals surface area contributed by atoms with Crippen LogP contribution in [0.5, 0.6) is 0 Å². The first kappa shape index (κ1) is 14.2. The minimum Gasteiger partial charge on any atom is -0.398 e. The average Bonchev–Trinajstić information content (AvgIpc) is 2.33. The van der Waals surface area contributed by atoms with E-state index in [2.05, 4.69) is 0 Å². The highest BCUT2D eigenvalue weighted by molar-refractivity contribution is 7.89. The third kappa shape index (κ3) is 2.72. The Labute approximate surface area is 111 Å². The van der Waals surface area contributed by atoms with Crippen molar-refractivity contribution in [3.63, 3.8) is 0 Å². The molecule has 0 bridgehead atoms. The van der Waals surface area contributed by atoms with Crippen molar-refractivity contribution in [3.8, 4) is 0 Å². The minimum absolute atomic E-state index is 0.00441. The maximum absolute atomic E-state index is 13.9. The number of nitrogen functional groups attached to an aromatic ring is 1. The lowest BCUT2D eigenvalue weighted by atomic mass is 10.1. The van der Waals surface area contributed by atoms with E-state index in [4.69, 9.17) is 5.73 Å². The average molecular weight is 288 g/mol. The van der Waals surface area contributed by atoms with Crippen LogP contribution in [0.2, 0.25) is 0 Å². The van der Waals surface area contributed by atoms with Crippen LogP contribution in [0.3, 0.4) is 0 Å². The van der Waals surface area contributed by atoms with Gasteiger partial charge in [0.2, 0.25) is 10.0 Å². The van der Waals surface area contributed by atoms with Crippen molar-refractivity contribution in [2.75, 3.05) is 18.8 Å². The van der Waals surface area contributed by atoms with Crippen molar-refractivity contribution in [1.82, 2.24) is 4.31 Å². The molecule has 3 N–H and O–H groups in total. The Balaban J connectivity index is 2.42. The maximum Gasteiger partial charge on any atom is 0.246 e. The molecule has 106 valence electrons. The van der Waals surface area contributed by atoms with E-state index in [0.29, 0.717) is 18.4 Å². The number of hydrogen-bond donors (Lipinski definition) is 2. The lowest BCUT2D eigenvalue weighted by Crippen LogP contribution is -2.42. The number of nitrogens with two attached hydrogens (primary N) is 1. The molecule has 1 aliphatic heterocycles. The van der Waals surface area contributed by atoms with Gasteiger partial charge in [-0.3, -0.25) is 0 Å². The van der Waals surface area contributed by atoms with Crippen molar-refractivity contribution in [3.05, 3.63) is 23.5 Å². The molecule has 0 amide bonds. The Morgan fingerprint density at radius 3 is 2.79 bits per heavy atom. The molecule has 1 aromatic rings. The topological polar surface area (TPSA) is 83.6 Å². The third-order valence-corrected chi connectivity index (χ3v) is 5.18. The number of rotatable bonds is 2. The van der Waals surface area contributed by atoms with E-state index in [1.807, 2.05) is 0 Å². The predicted octanol–water partition coefficient (Wildman–Crippen LogP) is 0.862. The number of piperidine rings is 1. The summed E-state index contributed by atoms with van der Waals surface area (Å²) in [5, 5.41) is 9.53. The Kier molecular flexibility index (Phi) is 3.80. The summed E-state index contributed by atoms with van der Waals surface area (Å²) in [5.74, 6) is -0.813. The Bertz CT molecular complexity index is 589. The first-order valence-electron chi connectivity index (χ1n) is 6.06. The van der Waals surface area contributed by atoms with Gasteiger partial charge < -0.3 is 10.8 Å². The number of benzene rings is 1. The second kappa shape index (κ2) is 5.07. The second-order valence-corrected chi connectivity index (χ2v) is 6.70. The third-order valence-electron chi connectivity index (χ3n) is 3.30. The van der Waals surface area contributed by atoms with E-state index in [0.717, 1.165) is 16.4 Å². The van der Waals surface area contributed by atoms with Crippen LogP contribution in [0.1, 0.15) is 18.4 Å². The molecule has 0 saturated carbocycles. The van der Waals surface area contributed by atoms with Gasteiger partial charge in [0.05, 0.1) is 6.10 Å². The number of aliphatic hydroxyl groups is 1. The zero-order chi connectivity index (χ0) is 14.2. The molecular weight excluding hydrogens is 271 g/mol. The quantitative estimate of drug-likeness (QED) is 0.791. The highest BCUT2D eigenvalue weighted by Gasteiger charge is 2.31. The predicted molar refractivity (Wildman–Crippen MR) is 69.5 cm³/mol. The molecule has 2 rings (SSSR count). The lowest BCUT2D eigenvalue weighted by Gasteiger charge is -2.29. The molecule has 0 spiro atoms. The smallest absolute Gasteiger partial charge is 0.246 e. The summed E-state index contributed by atoms with van der Waals surface area (Å²) < 4.78 is 39.6. The van der Waals surface area contributed by atoms with Crippen LogP contribution < -0.4 is 5.73 Å². The normalized spacial score (nSPS) is 21.5. The summed E-state index contributed by atoms with van der Waals surface area (Å²) in [4.78, 5) is -0.426. The van der Waals surface area contributed by atoms with E-state index in [-0.39, 0.29) is 18.8 Å². The van der Waals surface area contributed by atoms with Gasteiger partial charge in [0, 0.05) is 18.8 Å². The van der Waals surface area contributed by atoms with E-state index >= 15 is 0 Å². The summed E-state index contributed by atoms with van der Waals surface area (Å²) in [5.41, 5.74) is 6.37. The van der Waals surface area contributed by atoms with Crippen molar-refractivity contribution in [1.29, 1.82) is 0 Å². The molecule has 1 heterocycles. The number of aliphatic hydroxyl groups excluding tert-OH is 1. The molecule has 7 heteroatoms. The number of hydrogen-bond acceptors (Lipinski definition) is 4. The molecular formula is C12H17FN2O3S. The van der Waals surface area contributed by atoms with Gasteiger partial charge in [0.25, 0.3) is 0 Å². The number of sulfonamides is 1. The molecule has 1 aromatic carbocycles. The monoisotopic (exact) mass is 288 g/mol. The van der Waals surface area contributed by atoms with Crippen LogP contribution in [-0.2, 0) is 10.0 Å². The zero-order valence-corrected chi connectivity index (χ0v) is 11.5. The number of halogens is 1. The van der Waals surface area contributed by atoms with Crippen LogP contribution in [0.4, 0.5) is 10.1 Å². The van der Waals surface area contributed by atoms with Gasteiger partial charge in [0.1, 0.15) is 10.7 Å². The van der Waals surface area contributed by atoms with E-state index in [1.54, 1.807) is 6.92 Å². The van der Waals surface area contributed by atoms with Gasteiger partial charge in [-0.1, -0.05) is 0 Å². The molecule has 0 unspecified atom stereocenters. The van der Waals surface area contributed by atoms with Gasteiger partial charge in [-0.15, -0.1) is 0 Å². The van der Waals surface area contributed by atoms with Gasteiger partial charge in [0.15, 0.2) is 0 Å². The highest BCUT2D eigenvalue weighted by atomic mass is 32.2. The fourth-order valence-corrected chi connectivity index (χ4v) is 3.74. The Morgan fingerprint density at radius 1 is 1.47 bits per heavy atom. The largest absolute Gasteiger partial charge is 0.398 e. The Morgan fingerprint density at radius 2 is 2.16 bits per heavy atom. The van der Waals surface area contributed by atoms with E-state index < -0.39 is 26.8 Å². The Hall–Kier alpha value is -1.18. The van der Waals surface area contributed by atoms with Crippen molar-refractivity contribution in [2.45, 2.75) is 30.8 Å². The first-order valence-corrected chi connectivity index (χ1v) is 7.50. The fourth-order valence-electron chi connectivity index (χ4n) is 2.14. The van der Waals surface area contributed by atoms with Crippen LogP contribution in [0.15, 0.2) is 17.0 Å². The van der Waals surface area contributed by atoms with Crippen molar-refractivity contribution < 1.29 is 17.9 Å². The van der Waals surface area contributed by atoms with Crippen LogP contribution in [-0.4, -0.2) is 37.0 Å². The summed E-state index contributed by atoms with van der Waals surface area (Å²) >= 11 is 0. The molecule has 0 aliphatic carbocycles.